The summed E-state index contributed by atoms with van der Waals surface area (Å²) in [6, 6.07) is 12.8. The lowest BCUT2D eigenvalue weighted by Crippen LogP contribution is -2.48. The number of nitrogens with zero attached hydrogens (tertiary/aromatic N) is 3. The number of halogens is 1. The van der Waals surface area contributed by atoms with Gasteiger partial charge in [-0.1, -0.05) is 35.9 Å². The van der Waals surface area contributed by atoms with Crippen LogP contribution < -0.4 is 4.90 Å². The van der Waals surface area contributed by atoms with Crippen LogP contribution in [0.4, 0.5) is 5.69 Å². The van der Waals surface area contributed by atoms with Gasteiger partial charge in [0.25, 0.3) is 11.8 Å². The number of rotatable bonds is 5. The zero-order valence-electron chi connectivity index (χ0n) is 17.8. The van der Waals surface area contributed by atoms with E-state index in [1.807, 2.05) is 36.9 Å². The van der Waals surface area contributed by atoms with Gasteiger partial charge in [0.15, 0.2) is 0 Å². The summed E-state index contributed by atoms with van der Waals surface area (Å²) in [6.07, 6.45) is 0. The second-order valence-electron chi connectivity index (χ2n) is 8.02. The average Bonchev–Trinajstić information content (AvgIpc) is 3.01. The molecule has 162 valence electrons. The van der Waals surface area contributed by atoms with E-state index in [1.54, 1.807) is 24.3 Å². The molecule has 6 nitrogen and oxygen atoms in total. The zero-order valence-corrected chi connectivity index (χ0v) is 18.5. The van der Waals surface area contributed by atoms with E-state index in [-0.39, 0.29) is 18.4 Å². The Kier molecular flexibility index (Phi) is 6.14. The third-order valence-electron chi connectivity index (χ3n) is 5.90. The van der Waals surface area contributed by atoms with Crippen molar-refractivity contribution in [3.05, 3.63) is 69.9 Å². The number of hydrogen-bond donors (Lipinski definition) is 1. The largest absolute Gasteiger partial charge is 0.395 e. The number of carbonyl (C=O) groups excluding carboxylic acids is 2. The number of aryl methyl sites for hydroxylation is 2. The monoisotopic (exact) mass is 439 g/mol. The summed E-state index contributed by atoms with van der Waals surface area (Å²) in [6.45, 7) is 7.25. The molecule has 2 aromatic carbocycles. The van der Waals surface area contributed by atoms with E-state index >= 15 is 0 Å². The van der Waals surface area contributed by atoms with Crippen LogP contribution >= 0.6 is 11.6 Å². The van der Waals surface area contributed by atoms with Crippen LogP contribution in [-0.4, -0.2) is 66.1 Å². The molecule has 1 N–H and O–H groups in total. The molecule has 0 unspecified atom stereocenters. The van der Waals surface area contributed by atoms with Crippen molar-refractivity contribution in [3.8, 4) is 0 Å². The molecule has 4 rings (SSSR count). The van der Waals surface area contributed by atoms with Gasteiger partial charge in [-0.2, -0.15) is 0 Å². The first kappa shape index (κ1) is 21.6. The van der Waals surface area contributed by atoms with Crippen LogP contribution in [-0.2, 0) is 9.59 Å². The number of amides is 2. The van der Waals surface area contributed by atoms with Crippen molar-refractivity contribution in [1.29, 1.82) is 0 Å². The van der Waals surface area contributed by atoms with Crippen molar-refractivity contribution in [1.82, 2.24) is 9.80 Å². The van der Waals surface area contributed by atoms with Crippen LogP contribution in [0.25, 0.3) is 5.57 Å². The Hall–Kier alpha value is -2.67. The first-order chi connectivity index (χ1) is 14.9. The molecular formula is C24H26ClN3O3. The summed E-state index contributed by atoms with van der Waals surface area (Å²) < 4.78 is 0. The molecule has 2 aliphatic rings. The molecule has 0 aromatic heterocycles. The quantitative estimate of drug-likeness (QED) is 0.726. The number of carbonyl (C=O) groups is 2. The highest BCUT2D eigenvalue weighted by molar-refractivity contribution is 6.45. The van der Waals surface area contributed by atoms with E-state index in [2.05, 4.69) is 4.90 Å². The van der Waals surface area contributed by atoms with Gasteiger partial charge in [-0.3, -0.25) is 14.5 Å². The van der Waals surface area contributed by atoms with Gasteiger partial charge in [0, 0.05) is 37.7 Å². The molecule has 0 radical (unpaired) electrons. The van der Waals surface area contributed by atoms with Gasteiger partial charge in [-0.25, -0.2) is 4.90 Å². The lowest BCUT2D eigenvalue weighted by atomic mass is 10.0. The van der Waals surface area contributed by atoms with Gasteiger partial charge in [-0.05, 0) is 48.7 Å². The summed E-state index contributed by atoms with van der Waals surface area (Å²) in [4.78, 5) is 32.8. The SMILES string of the molecule is Cc1ccc(C)c(N2C(=O)C(c3ccc(Cl)cc3)=C(N3CCN(CCO)CC3)C2=O)c1. The van der Waals surface area contributed by atoms with Gasteiger partial charge in [0.2, 0.25) is 0 Å². The fourth-order valence-electron chi connectivity index (χ4n) is 4.20. The Morgan fingerprint density at radius 1 is 0.935 bits per heavy atom. The first-order valence-corrected chi connectivity index (χ1v) is 10.8. The Balaban J connectivity index is 1.77. The maximum Gasteiger partial charge on any atom is 0.282 e. The third kappa shape index (κ3) is 4.11. The number of imide groups is 1. The second-order valence-corrected chi connectivity index (χ2v) is 8.45. The van der Waals surface area contributed by atoms with Crippen molar-refractivity contribution in [2.24, 2.45) is 0 Å². The minimum atomic E-state index is -0.311. The molecule has 2 aliphatic heterocycles. The molecule has 0 bridgehead atoms. The Bertz CT molecular complexity index is 1040. The van der Waals surface area contributed by atoms with Crippen LogP contribution in [0, 0.1) is 13.8 Å². The number of aliphatic hydroxyl groups is 1. The van der Waals surface area contributed by atoms with E-state index in [0.29, 0.717) is 47.2 Å². The zero-order chi connectivity index (χ0) is 22.1. The molecule has 0 atom stereocenters. The Labute approximate surface area is 187 Å². The van der Waals surface area contributed by atoms with E-state index < -0.39 is 0 Å². The average molecular weight is 440 g/mol. The van der Waals surface area contributed by atoms with Gasteiger partial charge >= 0.3 is 0 Å². The summed E-state index contributed by atoms with van der Waals surface area (Å²) in [5.41, 5.74) is 4.02. The predicted octanol–water partition coefficient (Wildman–Crippen LogP) is 2.85. The number of anilines is 1. The summed E-state index contributed by atoms with van der Waals surface area (Å²) >= 11 is 6.06. The summed E-state index contributed by atoms with van der Waals surface area (Å²) in [5, 5.41) is 9.79. The molecule has 1 saturated heterocycles. The molecule has 2 heterocycles. The second kappa shape index (κ2) is 8.83. The minimum absolute atomic E-state index is 0.108. The van der Waals surface area contributed by atoms with Crippen molar-refractivity contribution < 1.29 is 14.7 Å². The lowest BCUT2D eigenvalue weighted by Gasteiger charge is -2.36. The first-order valence-electron chi connectivity index (χ1n) is 10.4. The van der Waals surface area contributed by atoms with E-state index in [9.17, 15) is 14.7 Å². The normalized spacial score (nSPS) is 17.8. The van der Waals surface area contributed by atoms with Crippen LogP contribution in [0.3, 0.4) is 0 Å². The van der Waals surface area contributed by atoms with Crippen LogP contribution in [0.2, 0.25) is 5.02 Å². The predicted molar refractivity (Wildman–Crippen MR) is 122 cm³/mol. The molecule has 0 saturated carbocycles. The highest BCUT2D eigenvalue weighted by Crippen LogP contribution is 2.37. The van der Waals surface area contributed by atoms with Gasteiger partial charge in [0.1, 0.15) is 5.70 Å². The molecule has 2 amide bonds. The highest BCUT2D eigenvalue weighted by atomic mass is 35.5. The molecule has 0 spiro atoms. The Morgan fingerprint density at radius 3 is 2.26 bits per heavy atom. The van der Waals surface area contributed by atoms with Gasteiger partial charge < -0.3 is 10.0 Å². The van der Waals surface area contributed by atoms with Crippen LogP contribution in [0.1, 0.15) is 16.7 Å². The van der Waals surface area contributed by atoms with Crippen molar-refractivity contribution >= 4 is 34.7 Å². The molecule has 0 aliphatic carbocycles. The van der Waals surface area contributed by atoms with E-state index in [4.69, 9.17) is 11.6 Å². The molecule has 2 aromatic rings. The van der Waals surface area contributed by atoms with Gasteiger partial charge in [-0.15, -0.1) is 0 Å². The maximum absolute atomic E-state index is 13.7. The summed E-state index contributed by atoms with van der Waals surface area (Å²) in [7, 11) is 0. The lowest BCUT2D eigenvalue weighted by molar-refractivity contribution is -0.120. The Morgan fingerprint density at radius 2 is 1.61 bits per heavy atom. The standard InChI is InChI=1S/C24H26ClN3O3/c1-16-3-4-17(2)20(15-16)28-23(30)21(18-5-7-19(25)8-6-18)22(24(28)31)27-11-9-26(10-12-27)13-14-29/h3-8,15,29H,9-14H2,1-2H3. The maximum atomic E-state index is 13.7. The topological polar surface area (TPSA) is 64.1 Å². The highest BCUT2D eigenvalue weighted by Gasteiger charge is 2.43. The fourth-order valence-corrected chi connectivity index (χ4v) is 4.33. The number of β-amino-alcohol motifs (C(OH)–C–C–N with tert-alkyl or cyclic N) is 1. The fraction of sp³-hybridized carbons (Fsp3) is 0.333. The van der Waals surface area contributed by atoms with Crippen LogP contribution in [0.15, 0.2) is 48.2 Å². The number of aliphatic hydroxyl groups excluding tert-OH is 1. The van der Waals surface area contributed by atoms with E-state index in [1.165, 1.54) is 4.90 Å². The number of benzene rings is 2. The van der Waals surface area contributed by atoms with E-state index in [0.717, 1.165) is 24.2 Å². The molecule has 31 heavy (non-hydrogen) atoms. The molecule has 1 fully saturated rings. The smallest absolute Gasteiger partial charge is 0.282 e. The van der Waals surface area contributed by atoms with Crippen molar-refractivity contribution in [2.45, 2.75) is 13.8 Å². The van der Waals surface area contributed by atoms with Gasteiger partial charge in [0.05, 0.1) is 17.9 Å². The number of piperazine rings is 1. The molecule has 7 heteroatoms. The molecular weight excluding hydrogens is 414 g/mol. The van der Waals surface area contributed by atoms with Crippen LogP contribution in [0.5, 0.6) is 0 Å². The minimum Gasteiger partial charge on any atom is -0.395 e. The number of hydrogen-bond acceptors (Lipinski definition) is 5. The summed E-state index contributed by atoms with van der Waals surface area (Å²) in [5.74, 6) is -0.604. The van der Waals surface area contributed by atoms with Crippen molar-refractivity contribution in [3.63, 3.8) is 0 Å². The van der Waals surface area contributed by atoms with Crippen molar-refractivity contribution in [2.75, 3.05) is 44.2 Å². The third-order valence-corrected chi connectivity index (χ3v) is 6.15.